The largest absolute Gasteiger partial charge is 0.487 e. The molecule has 0 aliphatic heterocycles. The first kappa shape index (κ1) is 23.9. The van der Waals surface area contributed by atoms with Crippen molar-refractivity contribution in [2.45, 2.75) is 33.4 Å². The molecule has 8 heteroatoms. The van der Waals surface area contributed by atoms with Crippen molar-refractivity contribution < 1.29 is 9.53 Å². The summed E-state index contributed by atoms with van der Waals surface area (Å²) in [6, 6.07) is 13.8. The highest BCUT2D eigenvalue weighted by atomic mass is 16.5. The summed E-state index contributed by atoms with van der Waals surface area (Å²) in [5.41, 5.74) is 11.5. The molecule has 180 valence electrons. The van der Waals surface area contributed by atoms with Crippen LogP contribution in [0.1, 0.15) is 27.8 Å². The zero-order valence-electron chi connectivity index (χ0n) is 20.5. The van der Waals surface area contributed by atoms with Gasteiger partial charge in [0, 0.05) is 38.3 Å². The van der Waals surface area contributed by atoms with Crippen LogP contribution in [0.3, 0.4) is 0 Å². The summed E-state index contributed by atoms with van der Waals surface area (Å²) in [5, 5.41) is 13.7. The average molecular weight is 471 g/mol. The molecule has 2 heterocycles. The first-order valence-corrected chi connectivity index (χ1v) is 11.4. The van der Waals surface area contributed by atoms with Crippen LogP contribution in [0.25, 0.3) is 10.8 Å². The Balaban J connectivity index is 1.39. The fraction of sp³-hybridized carbons (Fsp3) is 0.259. The number of fused-ring (bicyclic) bond motifs is 1. The number of benzene rings is 2. The van der Waals surface area contributed by atoms with Gasteiger partial charge in [0.15, 0.2) is 5.82 Å². The number of aryl methyl sites for hydroxylation is 2. The smallest absolute Gasteiger partial charge is 0.226 e. The summed E-state index contributed by atoms with van der Waals surface area (Å²) in [4.78, 5) is 17.7. The van der Waals surface area contributed by atoms with Crippen LogP contribution in [-0.4, -0.2) is 40.1 Å². The Morgan fingerprint density at radius 1 is 1.06 bits per heavy atom. The number of nitrogens with one attached hydrogen (secondary N) is 1. The van der Waals surface area contributed by atoms with Gasteiger partial charge in [0.05, 0.1) is 12.6 Å². The van der Waals surface area contributed by atoms with Crippen molar-refractivity contribution in [2.24, 2.45) is 0 Å². The molecule has 0 radical (unpaired) electrons. The van der Waals surface area contributed by atoms with Crippen molar-refractivity contribution in [1.82, 2.24) is 20.1 Å². The zero-order chi connectivity index (χ0) is 24.9. The highest BCUT2D eigenvalue weighted by molar-refractivity contribution is 5.94. The lowest BCUT2D eigenvalue weighted by molar-refractivity contribution is -0.127. The Kier molecular flexibility index (Phi) is 7.10. The topological polar surface area (TPSA) is 106 Å². The van der Waals surface area contributed by atoms with E-state index in [4.69, 9.17) is 10.5 Å². The third kappa shape index (κ3) is 5.66. The molecule has 2 aromatic carbocycles. The number of carbonyl (C=O) groups excluding carboxylic acids is 1. The van der Waals surface area contributed by atoms with Crippen LogP contribution in [0.5, 0.6) is 5.75 Å². The van der Waals surface area contributed by atoms with Crippen LogP contribution >= 0.6 is 0 Å². The summed E-state index contributed by atoms with van der Waals surface area (Å²) in [7, 11) is 3.52. The SMILES string of the molecule is Cc1cc2c(N)nccc2c(C)c1CNc1cc(OCc2ccc(CC(=O)N(C)C)cc2)cnn1. The van der Waals surface area contributed by atoms with Crippen LogP contribution in [-0.2, 0) is 24.4 Å². The number of anilines is 2. The molecule has 0 aliphatic carbocycles. The maximum absolute atomic E-state index is 11.9. The molecule has 0 aliphatic rings. The maximum atomic E-state index is 11.9. The average Bonchev–Trinajstić information content (AvgIpc) is 2.84. The second kappa shape index (κ2) is 10.4. The molecule has 4 aromatic rings. The number of likely N-dealkylation sites (N-methyl/N-ethyl adjacent to an activating group) is 1. The van der Waals surface area contributed by atoms with Gasteiger partial charge in [0.2, 0.25) is 5.91 Å². The molecular formula is C27H30N6O2. The number of amides is 1. The number of aromatic nitrogens is 3. The van der Waals surface area contributed by atoms with Gasteiger partial charge in [-0.25, -0.2) is 4.98 Å². The second-order valence-electron chi connectivity index (χ2n) is 8.79. The summed E-state index contributed by atoms with van der Waals surface area (Å²) in [5.74, 6) is 1.88. The lowest BCUT2D eigenvalue weighted by atomic mass is 9.96. The third-order valence-corrected chi connectivity index (χ3v) is 6.07. The molecule has 1 amide bonds. The van der Waals surface area contributed by atoms with Crippen LogP contribution in [0.15, 0.2) is 54.9 Å². The molecular weight excluding hydrogens is 440 g/mol. The van der Waals surface area contributed by atoms with Crippen LogP contribution in [0, 0.1) is 13.8 Å². The monoisotopic (exact) mass is 470 g/mol. The Labute approximate surface area is 205 Å². The Bertz CT molecular complexity index is 1350. The molecule has 0 atom stereocenters. The molecule has 0 unspecified atom stereocenters. The third-order valence-electron chi connectivity index (χ3n) is 6.07. The van der Waals surface area contributed by atoms with Crippen LogP contribution < -0.4 is 15.8 Å². The van der Waals surface area contributed by atoms with Gasteiger partial charge in [-0.1, -0.05) is 24.3 Å². The van der Waals surface area contributed by atoms with Gasteiger partial charge < -0.3 is 20.7 Å². The minimum Gasteiger partial charge on any atom is -0.487 e. The number of nitrogen functional groups attached to an aromatic ring is 1. The second-order valence-corrected chi connectivity index (χ2v) is 8.79. The number of carbonyl (C=O) groups is 1. The molecule has 4 rings (SSSR count). The summed E-state index contributed by atoms with van der Waals surface area (Å²) in [6.45, 7) is 5.16. The van der Waals surface area contributed by atoms with Gasteiger partial charge in [0.25, 0.3) is 0 Å². The lowest BCUT2D eigenvalue weighted by Gasteiger charge is -2.15. The Morgan fingerprint density at radius 2 is 1.80 bits per heavy atom. The number of ether oxygens (including phenoxy) is 1. The number of hydrogen-bond donors (Lipinski definition) is 2. The summed E-state index contributed by atoms with van der Waals surface area (Å²) in [6.07, 6.45) is 3.72. The highest BCUT2D eigenvalue weighted by Crippen LogP contribution is 2.28. The van der Waals surface area contributed by atoms with Gasteiger partial charge in [-0.3, -0.25) is 4.79 Å². The predicted octanol–water partition coefficient (Wildman–Crippen LogP) is 4.05. The van der Waals surface area contributed by atoms with Crippen molar-refractivity contribution in [3.8, 4) is 5.75 Å². The first-order chi connectivity index (χ1) is 16.8. The molecule has 0 fully saturated rings. The Morgan fingerprint density at radius 3 is 2.54 bits per heavy atom. The molecule has 0 bridgehead atoms. The van der Waals surface area contributed by atoms with E-state index in [2.05, 4.69) is 40.4 Å². The van der Waals surface area contributed by atoms with Gasteiger partial charge in [0.1, 0.15) is 18.2 Å². The van der Waals surface area contributed by atoms with Gasteiger partial charge >= 0.3 is 0 Å². The van der Waals surface area contributed by atoms with E-state index in [0.29, 0.717) is 37.0 Å². The molecule has 0 saturated carbocycles. The number of hydrogen-bond acceptors (Lipinski definition) is 7. The molecule has 35 heavy (non-hydrogen) atoms. The first-order valence-electron chi connectivity index (χ1n) is 11.4. The number of nitrogens with two attached hydrogens (primary N) is 1. The van der Waals surface area contributed by atoms with Crippen molar-refractivity contribution in [1.29, 1.82) is 0 Å². The van der Waals surface area contributed by atoms with Gasteiger partial charge in [-0.2, -0.15) is 5.10 Å². The van der Waals surface area contributed by atoms with Crippen LogP contribution in [0.4, 0.5) is 11.6 Å². The van der Waals surface area contributed by atoms with Crippen LogP contribution in [0.2, 0.25) is 0 Å². The lowest BCUT2D eigenvalue weighted by Crippen LogP contribution is -2.23. The van der Waals surface area contributed by atoms with Crippen molar-refractivity contribution in [3.05, 3.63) is 82.7 Å². The minimum atomic E-state index is 0.0760. The van der Waals surface area contributed by atoms with E-state index in [9.17, 15) is 4.79 Å². The predicted molar refractivity (Wildman–Crippen MR) is 138 cm³/mol. The van der Waals surface area contributed by atoms with Crippen molar-refractivity contribution in [2.75, 3.05) is 25.1 Å². The van der Waals surface area contributed by atoms with Gasteiger partial charge in [-0.15, -0.1) is 5.10 Å². The molecule has 8 nitrogen and oxygen atoms in total. The van der Waals surface area contributed by atoms with E-state index in [-0.39, 0.29) is 5.91 Å². The van der Waals surface area contributed by atoms with E-state index in [1.54, 1.807) is 31.4 Å². The molecule has 0 saturated heterocycles. The summed E-state index contributed by atoms with van der Waals surface area (Å²) >= 11 is 0. The highest BCUT2D eigenvalue weighted by Gasteiger charge is 2.11. The summed E-state index contributed by atoms with van der Waals surface area (Å²) < 4.78 is 5.92. The quantitative estimate of drug-likeness (QED) is 0.400. The van der Waals surface area contributed by atoms with E-state index in [1.165, 1.54) is 5.56 Å². The van der Waals surface area contributed by atoms with Crippen molar-refractivity contribution >= 4 is 28.3 Å². The number of nitrogens with zero attached hydrogens (tertiary/aromatic N) is 4. The van der Waals surface area contributed by atoms with E-state index in [1.807, 2.05) is 36.4 Å². The maximum Gasteiger partial charge on any atom is 0.226 e. The zero-order valence-corrected chi connectivity index (χ0v) is 20.5. The fourth-order valence-electron chi connectivity index (χ4n) is 3.95. The van der Waals surface area contributed by atoms with Gasteiger partial charge in [-0.05, 0) is 59.2 Å². The Hall–Kier alpha value is -4.20. The fourth-order valence-corrected chi connectivity index (χ4v) is 3.95. The standard InChI is InChI=1S/C27H30N6O2/c1-17-11-23-22(9-10-29-27(23)28)18(2)24(17)15-30-25-13-21(14-31-32-25)35-16-20-7-5-19(6-8-20)12-26(34)33(3)4/h5-11,13-14H,12,15-16H2,1-4H3,(H2,28,29)(H,30,32). The van der Waals surface area contributed by atoms with E-state index >= 15 is 0 Å². The normalized spacial score (nSPS) is 10.9. The van der Waals surface area contributed by atoms with E-state index < -0.39 is 0 Å². The van der Waals surface area contributed by atoms with E-state index in [0.717, 1.165) is 33.0 Å². The molecule has 3 N–H and O–H groups in total. The van der Waals surface area contributed by atoms with Crippen molar-refractivity contribution in [3.63, 3.8) is 0 Å². The molecule has 2 aromatic heterocycles. The number of rotatable bonds is 8. The number of pyridine rings is 1. The molecule has 0 spiro atoms. The minimum absolute atomic E-state index is 0.0760.